The number of anilines is 1. The van der Waals surface area contributed by atoms with Crippen LogP contribution >= 0.6 is 0 Å². The largest absolute Gasteiger partial charge is 0.490 e. The summed E-state index contributed by atoms with van der Waals surface area (Å²) in [5.74, 6) is 2.81. The third kappa shape index (κ3) is 4.40. The Bertz CT molecular complexity index is 1060. The number of hydrogen-bond donors (Lipinski definition) is 1. The van der Waals surface area contributed by atoms with Gasteiger partial charge in [0.15, 0.2) is 17.3 Å². The Morgan fingerprint density at radius 3 is 2.61 bits per heavy atom. The van der Waals surface area contributed by atoms with Crippen molar-refractivity contribution in [2.75, 3.05) is 31.2 Å². The molecule has 9 nitrogen and oxygen atoms in total. The van der Waals surface area contributed by atoms with Gasteiger partial charge >= 0.3 is 0 Å². The van der Waals surface area contributed by atoms with E-state index in [1.165, 1.54) is 0 Å². The first-order chi connectivity index (χ1) is 15.1. The van der Waals surface area contributed by atoms with Crippen LogP contribution in [0.3, 0.4) is 0 Å². The van der Waals surface area contributed by atoms with Crippen LogP contribution in [0.4, 0.5) is 5.82 Å². The number of rotatable bonds is 7. The maximum absolute atomic E-state index is 12.8. The minimum atomic E-state index is -0.101. The smallest absolute Gasteiger partial charge is 0.251 e. The van der Waals surface area contributed by atoms with Gasteiger partial charge in [0.05, 0.1) is 13.2 Å². The number of carbonyl (C=O) groups is 1. The second-order valence-electron chi connectivity index (χ2n) is 7.45. The molecule has 0 atom stereocenters. The van der Waals surface area contributed by atoms with Gasteiger partial charge in [-0.1, -0.05) is 0 Å². The van der Waals surface area contributed by atoms with Crippen LogP contribution < -0.4 is 19.7 Å². The predicted molar refractivity (Wildman–Crippen MR) is 117 cm³/mol. The highest BCUT2D eigenvalue weighted by atomic mass is 16.5. The number of fused-ring (bicyclic) bond motifs is 1. The van der Waals surface area contributed by atoms with E-state index in [1.54, 1.807) is 24.4 Å². The monoisotopic (exact) mass is 424 g/mol. The van der Waals surface area contributed by atoms with Gasteiger partial charge in [0.1, 0.15) is 5.82 Å². The number of aromatic nitrogens is 4. The molecule has 0 bridgehead atoms. The molecule has 1 saturated heterocycles. The van der Waals surface area contributed by atoms with Crippen molar-refractivity contribution < 1.29 is 14.3 Å². The molecule has 0 aliphatic carbocycles. The van der Waals surface area contributed by atoms with E-state index in [0.29, 0.717) is 30.3 Å². The number of piperidine rings is 1. The van der Waals surface area contributed by atoms with Gasteiger partial charge < -0.3 is 19.7 Å². The zero-order chi connectivity index (χ0) is 21.8. The molecule has 1 aromatic carbocycles. The summed E-state index contributed by atoms with van der Waals surface area (Å²) in [6.07, 6.45) is 5.30. The highest BCUT2D eigenvalue weighted by Gasteiger charge is 2.24. The molecule has 1 aliphatic rings. The van der Waals surface area contributed by atoms with Gasteiger partial charge in [0.2, 0.25) is 5.65 Å². The standard InChI is InChI=1S/C22H28N6O3/c1-4-30-18-7-6-16(14-19(18)31-5-2)22(29)24-17-8-11-27(12-9-17)20-21-26-25-15(3)28(21)13-10-23-20/h6-7,10,13-14,17H,4-5,8-9,11-12H2,1-3H3,(H,24,29). The van der Waals surface area contributed by atoms with Crippen molar-refractivity contribution in [2.24, 2.45) is 0 Å². The molecule has 1 N–H and O–H groups in total. The molecule has 1 amide bonds. The van der Waals surface area contributed by atoms with Crippen molar-refractivity contribution >= 4 is 17.4 Å². The Morgan fingerprint density at radius 2 is 1.87 bits per heavy atom. The van der Waals surface area contributed by atoms with E-state index in [-0.39, 0.29) is 11.9 Å². The molecule has 164 valence electrons. The average Bonchev–Trinajstić information content (AvgIpc) is 3.17. The van der Waals surface area contributed by atoms with Crippen LogP contribution in [0.1, 0.15) is 42.9 Å². The Hall–Kier alpha value is -3.36. The topological polar surface area (TPSA) is 93.9 Å². The zero-order valence-electron chi connectivity index (χ0n) is 18.2. The van der Waals surface area contributed by atoms with E-state index < -0.39 is 0 Å². The first-order valence-corrected chi connectivity index (χ1v) is 10.7. The maximum atomic E-state index is 12.8. The zero-order valence-corrected chi connectivity index (χ0v) is 18.2. The minimum absolute atomic E-state index is 0.101. The van der Waals surface area contributed by atoms with Crippen molar-refractivity contribution in [3.63, 3.8) is 0 Å². The lowest BCUT2D eigenvalue weighted by atomic mass is 10.0. The van der Waals surface area contributed by atoms with Gasteiger partial charge in [-0.15, -0.1) is 10.2 Å². The molecule has 1 aliphatic heterocycles. The molecule has 0 spiro atoms. The number of carbonyl (C=O) groups excluding carboxylic acids is 1. The molecule has 0 unspecified atom stereocenters. The third-order valence-corrected chi connectivity index (χ3v) is 5.41. The van der Waals surface area contributed by atoms with E-state index in [2.05, 4.69) is 25.4 Å². The second-order valence-corrected chi connectivity index (χ2v) is 7.45. The summed E-state index contributed by atoms with van der Waals surface area (Å²) in [6.45, 7) is 8.38. The van der Waals surface area contributed by atoms with Gasteiger partial charge in [-0.05, 0) is 51.8 Å². The average molecular weight is 425 g/mol. The number of nitrogens with zero attached hydrogens (tertiary/aromatic N) is 5. The lowest BCUT2D eigenvalue weighted by Crippen LogP contribution is -2.45. The molecule has 3 aromatic rings. The van der Waals surface area contributed by atoms with Crippen molar-refractivity contribution in [2.45, 2.75) is 39.7 Å². The van der Waals surface area contributed by atoms with Crippen molar-refractivity contribution in [1.82, 2.24) is 24.9 Å². The van der Waals surface area contributed by atoms with E-state index >= 15 is 0 Å². The summed E-state index contributed by atoms with van der Waals surface area (Å²) < 4.78 is 13.2. The van der Waals surface area contributed by atoms with E-state index in [9.17, 15) is 4.79 Å². The number of ether oxygens (including phenoxy) is 2. The van der Waals surface area contributed by atoms with E-state index in [4.69, 9.17) is 9.47 Å². The fourth-order valence-electron chi connectivity index (χ4n) is 3.85. The molecule has 0 radical (unpaired) electrons. The van der Waals surface area contributed by atoms with Gasteiger partial charge in [0.25, 0.3) is 5.91 Å². The van der Waals surface area contributed by atoms with Crippen LogP contribution in [0.15, 0.2) is 30.6 Å². The summed E-state index contributed by atoms with van der Waals surface area (Å²) in [5.41, 5.74) is 1.33. The maximum Gasteiger partial charge on any atom is 0.251 e. The van der Waals surface area contributed by atoms with E-state index in [0.717, 1.165) is 43.2 Å². The van der Waals surface area contributed by atoms with Crippen molar-refractivity contribution in [3.05, 3.63) is 42.0 Å². The fraction of sp³-hybridized carbons (Fsp3) is 0.455. The molecule has 1 fully saturated rings. The Kier molecular flexibility index (Phi) is 6.20. The quantitative estimate of drug-likeness (QED) is 0.623. The fourth-order valence-corrected chi connectivity index (χ4v) is 3.85. The molecular weight excluding hydrogens is 396 g/mol. The van der Waals surface area contributed by atoms with Crippen molar-refractivity contribution in [3.8, 4) is 11.5 Å². The molecule has 2 aromatic heterocycles. The molecule has 31 heavy (non-hydrogen) atoms. The molecule has 9 heteroatoms. The highest BCUT2D eigenvalue weighted by Crippen LogP contribution is 2.29. The number of aryl methyl sites for hydroxylation is 1. The second kappa shape index (κ2) is 9.20. The van der Waals surface area contributed by atoms with Gasteiger partial charge in [0, 0.05) is 37.1 Å². The third-order valence-electron chi connectivity index (χ3n) is 5.41. The van der Waals surface area contributed by atoms with Crippen LogP contribution in [0.25, 0.3) is 5.65 Å². The highest BCUT2D eigenvalue weighted by molar-refractivity contribution is 5.95. The Balaban J connectivity index is 1.39. The van der Waals surface area contributed by atoms with E-state index in [1.807, 2.05) is 31.4 Å². The van der Waals surface area contributed by atoms with Gasteiger partial charge in [-0.25, -0.2) is 4.98 Å². The number of hydrogen-bond acceptors (Lipinski definition) is 7. The first-order valence-electron chi connectivity index (χ1n) is 10.7. The molecule has 4 rings (SSSR count). The number of benzene rings is 1. The van der Waals surface area contributed by atoms with Crippen molar-refractivity contribution in [1.29, 1.82) is 0 Å². The lowest BCUT2D eigenvalue weighted by Gasteiger charge is -2.33. The number of nitrogens with one attached hydrogen (secondary N) is 1. The van der Waals surface area contributed by atoms with Gasteiger partial charge in [-0.2, -0.15) is 0 Å². The SMILES string of the molecule is CCOc1ccc(C(=O)NC2CCN(c3nccn4c(C)nnc34)CC2)cc1OCC. The first kappa shape index (κ1) is 20.9. The molecule has 3 heterocycles. The number of amides is 1. The molecular formula is C22H28N6O3. The summed E-state index contributed by atoms with van der Waals surface area (Å²) in [6, 6.07) is 5.41. The summed E-state index contributed by atoms with van der Waals surface area (Å²) >= 11 is 0. The normalized spacial score (nSPS) is 14.6. The summed E-state index contributed by atoms with van der Waals surface area (Å²) in [4.78, 5) is 19.5. The lowest BCUT2D eigenvalue weighted by molar-refractivity contribution is 0.0930. The Labute approximate surface area is 181 Å². The summed E-state index contributed by atoms with van der Waals surface area (Å²) in [7, 11) is 0. The van der Waals surface area contributed by atoms with Crippen LogP contribution in [0, 0.1) is 6.92 Å². The Morgan fingerprint density at radius 1 is 1.13 bits per heavy atom. The summed E-state index contributed by atoms with van der Waals surface area (Å²) in [5, 5.41) is 11.6. The molecule has 0 saturated carbocycles. The van der Waals surface area contributed by atoms with Crippen LogP contribution in [-0.2, 0) is 0 Å². The van der Waals surface area contributed by atoms with Crippen LogP contribution in [0.5, 0.6) is 11.5 Å². The van der Waals surface area contributed by atoms with Crippen LogP contribution in [0.2, 0.25) is 0 Å². The minimum Gasteiger partial charge on any atom is -0.490 e. The van der Waals surface area contributed by atoms with Crippen LogP contribution in [-0.4, -0.2) is 57.8 Å². The van der Waals surface area contributed by atoms with Gasteiger partial charge in [-0.3, -0.25) is 9.20 Å². The predicted octanol–water partition coefficient (Wildman–Crippen LogP) is 2.63.